The van der Waals surface area contributed by atoms with Gasteiger partial charge in [-0.25, -0.2) is 9.78 Å². The summed E-state index contributed by atoms with van der Waals surface area (Å²) in [6.07, 6.45) is 0. The van der Waals surface area contributed by atoms with Crippen molar-refractivity contribution in [2.75, 3.05) is 31.6 Å². The molecule has 0 saturated heterocycles. The minimum absolute atomic E-state index is 0.171. The third kappa shape index (κ3) is 5.21. The lowest BCUT2D eigenvalue weighted by Crippen LogP contribution is -2.27. The first-order valence-electron chi connectivity index (χ1n) is 11.1. The van der Waals surface area contributed by atoms with Gasteiger partial charge < -0.3 is 19.4 Å². The first-order chi connectivity index (χ1) is 16.0. The van der Waals surface area contributed by atoms with E-state index in [1.165, 1.54) is 0 Å². The SMILES string of the molecule is CCN(CC)CCOC(=O)c1ccc(NC(=O)c2cc3cc4cc(C)ccc4nc3o2)cc1. The number of nitrogens with one attached hydrogen (secondary N) is 1. The van der Waals surface area contributed by atoms with Crippen molar-refractivity contribution < 1.29 is 18.7 Å². The molecule has 0 aliphatic carbocycles. The number of rotatable bonds is 8. The molecular weight excluding hydrogens is 418 g/mol. The summed E-state index contributed by atoms with van der Waals surface area (Å²) in [5.74, 6) is -0.599. The number of aryl methyl sites for hydroxylation is 1. The Hall–Kier alpha value is -3.71. The molecule has 0 aliphatic heterocycles. The molecule has 2 aromatic carbocycles. The van der Waals surface area contributed by atoms with Crippen LogP contribution >= 0.6 is 0 Å². The highest BCUT2D eigenvalue weighted by molar-refractivity contribution is 6.05. The fourth-order valence-electron chi connectivity index (χ4n) is 3.64. The van der Waals surface area contributed by atoms with E-state index in [0.717, 1.165) is 34.9 Å². The lowest BCUT2D eigenvalue weighted by molar-refractivity contribution is 0.0466. The Morgan fingerprint density at radius 1 is 1.00 bits per heavy atom. The Bertz CT molecular complexity index is 1290. The molecule has 1 N–H and O–H groups in total. The maximum atomic E-state index is 12.7. The second kappa shape index (κ2) is 9.83. The number of pyridine rings is 1. The fourth-order valence-corrected chi connectivity index (χ4v) is 3.64. The molecule has 2 heterocycles. The first kappa shape index (κ1) is 22.5. The highest BCUT2D eigenvalue weighted by Gasteiger charge is 2.15. The normalized spacial score (nSPS) is 11.3. The average Bonchev–Trinajstić information content (AvgIpc) is 3.23. The Morgan fingerprint density at radius 2 is 1.76 bits per heavy atom. The molecule has 0 unspecified atom stereocenters. The van der Waals surface area contributed by atoms with Crippen molar-refractivity contribution in [3.05, 3.63) is 71.5 Å². The molecule has 0 atom stereocenters. The number of ether oxygens (including phenoxy) is 1. The number of esters is 1. The summed E-state index contributed by atoms with van der Waals surface area (Å²) >= 11 is 0. The zero-order valence-electron chi connectivity index (χ0n) is 19.1. The topological polar surface area (TPSA) is 84.7 Å². The molecule has 170 valence electrons. The quantitative estimate of drug-likeness (QED) is 0.383. The fraction of sp³-hybridized carbons (Fsp3) is 0.269. The molecule has 33 heavy (non-hydrogen) atoms. The van der Waals surface area contributed by atoms with E-state index in [4.69, 9.17) is 9.15 Å². The van der Waals surface area contributed by atoms with Crippen LogP contribution < -0.4 is 5.32 Å². The van der Waals surface area contributed by atoms with Crippen LogP contribution in [-0.2, 0) is 4.74 Å². The number of nitrogens with zero attached hydrogens (tertiary/aromatic N) is 2. The number of amides is 1. The van der Waals surface area contributed by atoms with Gasteiger partial charge in [-0.1, -0.05) is 25.5 Å². The van der Waals surface area contributed by atoms with Crippen molar-refractivity contribution in [1.29, 1.82) is 0 Å². The van der Waals surface area contributed by atoms with Crippen molar-refractivity contribution in [2.45, 2.75) is 20.8 Å². The number of fused-ring (bicyclic) bond motifs is 2. The lowest BCUT2D eigenvalue weighted by atomic mass is 10.1. The van der Waals surface area contributed by atoms with Crippen LogP contribution in [0.2, 0.25) is 0 Å². The largest absolute Gasteiger partial charge is 0.461 e. The zero-order chi connectivity index (χ0) is 23.4. The molecule has 0 saturated carbocycles. The van der Waals surface area contributed by atoms with Crippen molar-refractivity contribution in [3.8, 4) is 0 Å². The van der Waals surface area contributed by atoms with Crippen LogP contribution in [0.3, 0.4) is 0 Å². The van der Waals surface area contributed by atoms with Crippen LogP contribution in [0, 0.1) is 6.92 Å². The number of likely N-dealkylation sites (N-methyl/N-ethyl adjacent to an activating group) is 1. The van der Waals surface area contributed by atoms with E-state index in [2.05, 4.69) is 29.0 Å². The van der Waals surface area contributed by atoms with Gasteiger partial charge in [0.05, 0.1) is 11.1 Å². The Labute approximate surface area is 192 Å². The number of hydrogen-bond donors (Lipinski definition) is 1. The summed E-state index contributed by atoms with van der Waals surface area (Å²) < 4.78 is 11.0. The van der Waals surface area contributed by atoms with Crippen LogP contribution in [-0.4, -0.2) is 48.0 Å². The molecule has 0 fully saturated rings. The molecule has 7 nitrogen and oxygen atoms in total. The monoisotopic (exact) mass is 445 g/mol. The summed E-state index contributed by atoms with van der Waals surface area (Å²) in [4.78, 5) is 31.6. The number of anilines is 1. The summed E-state index contributed by atoms with van der Waals surface area (Å²) in [6.45, 7) is 9.04. The standard InChI is InChI=1S/C26H27N3O4/c1-4-29(5-2)12-13-32-26(31)18-7-9-21(10-8-18)27-24(30)23-16-20-15-19-14-17(3)6-11-22(19)28-25(20)33-23/h6-11,14-16H,4-5,12-13H2,1-3H3,(H,27,30). The minimum atomic E-state index is -0.386. The maximum Gasteiger partial charge on any atom is 0.338 e. The molecule has 0 bridgehead atoms. The summed E-state index contributed by atoms with van der Waals surface area (Å²) in [5.41, 5.74) is 3.35. The number of hydrogen-bond acceptors (Lipinski definition) is 6. The second-order valence-electron chi connectivity index (χ2n) is 7.88. The summed E-state index contributed by atoms with van der Waals surface area (Å²) in [6, 6.07) is 16.2. The number of furan rings is 1. The molecule has 0 radical (unpaired) electrons. The predicted octanol–water partition coefficient (Wildman–Crippen LogP) is 5.04. The van der Waals surface area contributed by atoms with Gasteiger partial charge in [0, 0.05) is 23.0 Å². The molecule has 7 heteroatoms. The molecule has 2 aromatic heterocycles. The Morgan fingerprint density at radius 3 is 2.48 bits per heavy atom. The number of carbonyl (C=O) groups is 2. The van der Waals surface area contributed by atoms with Crippen LogP contribution in [0.5, 0.6) is 0 Å². The number of aromatic nitrogens is 1. The van der Waals surface area contributed by atoms with Gasteiger partial charge >= 0.3 is 5.97 Å². The Balaban J connectivity index is 1.40. The van der Waals surface area contributed by atoms with Gasteiger partial charge in [0.15, 0.2) is 5.76 Å². The predicted molar refractivity (Wildman–Crippen MR) is 129 cm³/mol. The van der Waals surface area contributed by atoms with Crippen LogP contribution in [0.4, 0.5) is 5.69 Å². The number of carbonyl (C=O) groups excluding carboxylic acids is 2. The van der Waals surface area contributed by atoms with E-state index in [0.29, 0.717) is 30.1 Å². The molecule has 0 spiro atoms. The van der Waals surface area contributed by atoms with Crippen molar-refractivity contribution in [1.82, 2.24) is 9.88 Å². The van der Waals surface area contributed by atoms with Gasteiger partial charge in [-0.05, 0) is 68.5 Å². The van der Waals surface area contributed by atoms with Crippen molar-refractivity contribution in [2.24, 2.45) is 0 Å². The minimum Gasteiger partial charge on any atom is -0.461 e. The van der Waals surface area contributed by atoms with E-state index in [1.807, 2.05) is 31.2 Å². The highest BCUT2D eigenvalue weighted by Crippen LogP contribution is 2.24. The van der Waals surface area contributed by atoms with Gasteiger partial charge in [-0.15, -0.1) is 0 Å². The van der Waals surface area contributed by atoms with Crippen LogP contribution in [0.25, 0.3) is 22.0 Å². The smallest absolute Gasteiger partial charge is 0.338 e. The molecule has 0 aliphatic rings. The van der Waals surface area contributed by atoms with E-state index in [1.54, 1.807) is 30.3 Å². The van der Waals surface area contributed by atoms with Gasteiger partial charge in [0.25, 0.3) is 5.91 Å². The molecule has 4 aromatic rings. The average molecular weight is 446 g/mol. The van der Waals surface area contributed by atoms with Crippen LogP contribution in [0.1, 0.15) is 40.3 Å². The summed E-state index contributed by atoms with van der Waals surface area (Å²) in [5, 5.41) is 4.55. The molecule has 4 rings (SSSR count). The van der Waals surface area contributed by atoms with Gasteiger partial charge in [0.2, 0.25) is 5.71 Å². The van der Waals surface area contributed by atoms with Gasteiger partial charge in [-0.3, -0.25) is 4.79 Å². The zero-order valence-corrected chi connectivity index (χ0v) is 19.1. The van der Waals surface area contributed by atoms with E-state index in [-0.39, 0.29) is 17.6 Å². The van der Waals surface area contributed by atoms with Gasteiger partial charge in [-0.2, -0.15) is 0 Å². The third-order valence-electron chi connectivity index (χ3n) is 5.59. The number of benzene rings is 2. The van der Waals surface area contributed by atoms with Gasteiger partial charge in [0.1, 0.15) is 6.61 Å². The Kier molecular flexibility index (Phi) is 6.70. The van der Waals surface area contributed by atoms with Crippen molar-refractivity contribution >= 4 is 39.6 Å². The molecule has 1 amide bonds. The first-order valence-corrected chi connectivity index (χ1v) is 11.1. The lowest BCUT2D eigenvalue weighted by Gasteiger charge is -2.17. The highest BCUT2D eigenvalue weighted by atomic mass is 16.5. The van der Waals surface area contributed by atoms with E-state index < -0.39 is 0 Å². The summed E-state index contributed by atoms with van der Waals surface area (Å²) in [7, 11) is 0. The third-order valence-corrected chi connectivity index (χ3v) is 5.59. The van der Waals surface area contributed by atoms with Crippen LogP contribution in [0.15, 0.2) is 59.0 Å². The van der Waals surface area contributed by atoms with E-state index in [9.17, 15) is 9.59 Å². The second-order valence-corrected chi connectivity index (χ2v) is 7.88. The maximum absolute atomic E-state index is 12.7. The van der Waals surface area contributed by atoms with E-state index >= 15 is 0 Å². The molecular formula is C26H27N3O4. The van der Waals surface area contributed by atoms with Crippen molar-refractivity contribution in [3.63, 3.8) is 0 Å².